The van der Waals surface area contributed by atoms with Gasteiger partial charge >= 0.3 is 0 Å². The summed E-state index contributed by atoms with van der Waals surface area (Å²) in [7, 11) is -3.82. The SMILES string of the molecule is Cc1ccccc1-c1cnc(NS(=O)(=O)c2ccccc2)nc1Oc1ccccc1. The van der Waals surface area contributed by atoms with Crippen molar-refractivity contribution in [3.05, 3.63) is 96.7 Å². The summed E-state index contributed by atoms with van der Waals surface area (Å²) in [5.41, 5.74) is 2.59. The number of para-hydroxylation sites is 1. The van der Waals surface area contributed by atoms with E-state index in [2.05, 4.69) is 14.7 Å². The molecule has 0 fully saturated rings. The highest BCUT2D eigenvalue weighted by atomic mass is 32.2. The van der Waals surface area contributed by atoms with Crippen LogP contribution in [0.2, 0.25) is 0 Å². The van der Waals surface area contributed by atoms with Gasteiger partial charge in [-0.3, -0.25) is 0 Å². The van der Waals surface area contributed by atoms with Gasteiger partial charge in [-0.15, -0.1) is 0 Å². The minimum Gasteiger partial charge on any atom is -0.438 e. The van der Waals surface area contributed by atoms with Gasteiger partial charge in [-0.1, -0.05) is 60.7 Å². The monoisotopic (exact) mass is 417 g/mol. The van der Waals surface area contributed by atoms with E-state index < -0.39 is 10.0 Å². The summed E-state index contributed by atoms with van der Waals surface area (Å²) in [5, 5.41) is 0. The Morgan fingerprint density at radius 2 is 1.43 bits per heavy atom. The second-order valence-corrected chi connectivity index (χ2v) is 8.24. The molecule has 0 saturated heterocycles. The zero-order valence-corrected chi connectivity index (χ0v) is 17.0. The van der Waals surface area contributed by atoms with E-state index in [1.807, 2.05) is 49.4 Å². The van der Waals surface area contributed by atoms with Crippen LogP contribution in [0.5, 0.6) is 11.6 Å². The lowest BCUT2D eigenvalue weighted by Crippen LogP contribution is -2.15. The summed E-state index contributed by atoms with van der Waals surface area (Å²) >= 11 is 0. The maximum atomic E-state index is 12.6. The number of anilines is 1. The molecule has 4 rings (SSSR count). The first kappa shape index (κ1) is 19.6. The molecule has 0 radical (unpaired) electrons. The second-order valence-electron chi connectivity index (χ2n) is 6.56. The van der Waals surface area contributed by atoms with Gasteiger partial charge < -0.3 is 4.74 Å². The van der Waals surface area contributed by atoms with Gasteiger partial charge in [0.2, 0.25) is 11.8 Å². The highest BCUT2D eigenvalue weighted by Crippen LogP contribution is 2.34. The molecule has 1 N–H and O–H groups in total. The zero-order valence-electron chi connectivity index (χ0n) is 16.2. The van der Waals surface area contributed by atoms with Gasteiger partial charge in [0.1, 0.15) is 5.75 Å². The summed E-state index contributed by atoms with van der Waals surface area (Å²) in [6.07, 6.45) is 1.57. The number of benzene rings is 3. The Balaban J connectivity index is 1.75. The molecule has 0 aliphatic carbocycles. The van der Waals surface area contributed by atoms with E-state index in [9.17, 15) is 8.42 Å². The van der Waals surface area contributed by atoms with Crippen molar-refractivity contribution in [1.29, 1.82) is 0 Å². The summed E-state index contributed by atoms with van der Waals surface area (Å²) in [6.45, 7) is 1.98. The predicted octanol–water partition coefficient (Wildman–Crippen LogP) is 5.05. The standard InChI is InChI=1S/C23H19N3O3S/c1-17-10-8-9-15-20(17)21-16-24-23(25-22(21)29-18-11-4-2-5-12-18)26-30(27,28)19-13-6-3-7-14-19/h2-16H,1H3,(H,24,25,26). The Bertz CT molecular complexity index is 1260. The smallest absolute Gasteiger partial charge is 0.264 e. The van der Waals surface area contributed by atoms with Crippen LogP contribution in [0.4, 0.5) is 5.95 Å². The molecule has 0 atom stereocenters. The van der Waals surface area contributed by atoms with Gasteiger partial charge in [-0.25, -0.2) is 18.1 Å². The van der Waals surface area contributed by atoms with E-state index in [1.165, 1.54) is 12.1 Å². The van der Waals surface area contributed by atoms with Crippen LogP contribution in [0.15, 0.2) is 96.0 Å². The zero-order chi connectivity index (χ0) is 21.0. The minimum atomic E-state index is -3.82. The molecular formula is C23H19N3O3S. The molecule has 150 valence electrons. The lowest BCUT2D eigenvalue weighted by molar-refractivity contribution is 0.464. The van der Waals surface area contributed by atoms with Crippen molar-refractivity contribution in [2.75, 3.05) is 4.72 Å². The third-order valence-corrected chi connectivity index (χ3v) is 5.77. The van der Waals surface area contributed by atoms with Crippen LogP contribution in [0.1, 0.15) is 5.56 Å². The van der Waals surface area contributed by atoms with Crippen molar-refractivity contribution in [3.8, 4) is 22.8 Å². The van der Waals surface area contributed by atoms with Gasteiger partial charge in [0.15, 0.2) is 0 Å². The number of aromatic nitrogens is 2. The van der Waals surface area contributed by atoms with Gasteiger partial charge in [0, 0.05) is 6.20 Å². The Kier molecular flexibility index (Phi) is 5.45. The molecule has 30 heavy (non-hydrogen) atoms. The molecule has 0 aliphatic heterocycles. The van der Waals surface area contributed by atoms with Crippen LogP contribution in [-0.2, 0) is 10.0 Å². The van der Waals surface area contributed by atoms with Crippen molar-refractivity contribution in [1.82, 2.24) is 9.97 Å². The third-order valence-electron chi connectivity index (χ3n) is 4.43. The Labute approximate surface area is 175 Å². The summed E-state index contributed by atoms with van der Waals surface area (Å²) in [4.78, 5) is 8.73. The van der Waals surface area contributed by atoms with Crippen LogP contribution in [0.25, 0.3) is 11.1 Å². The number of sulfonamides is 1. The fourth-order valence-electron chi connectivity index (χ4n) is 2.93. The van der Waals surface area contributed by atoms with E-state index >= 15 is 0 Å². The van der Waals surface area contributed by atoms with Gasteiger partial charge in [0.05, 0.1) is 10.5 Å². The van der Waals surface area contributed by atoms with Crippen LogP contribution in [0, 0.1) is 6.92 Å². The Morgan fingerprint density at radius 1 is 0.800 bits per heavy atom. The average Bonchev–Trinajstić information content (AvgIpc) is 2.76. The first-order chi connectivity index (χ1) is 14.5. The molecule has 0 saturated carbocycles. The number of aryl methyl sites for hydroxylation is 1. The summed E-state index contributed by atoms with van der Waals surface area (Å²) in [6, 6.07) is 25.0. The molecule has 0 bridgehead atoms. The number of rotatable bonds is 6. The molecule has 7 heteroatoms. The lowest BCUT2D eigenvalue weighted by Gasteiger charge is -2.14. The first-order valence-electron chi connectivity index (χ1n) is 9.27. The molecule has 4 aromatic rings. The van der Waals surface area contributed by atoms with Crippen LogP contribution in [0.3, 0.4) is 0 Å². The van der Waals surface area contributed by atoms with E-state index in [4.69, 9.17) is 4.74 Å². The predicted molar refractivity (Wildman–Crippen MR) is 116 cm³/mol. The fraction of sp³-hybridized carbons (Fsp3) is 0.0435. The third kappa shape index (κ3) is 4.31. The molecule has 0 amide bonds. The van der Waals surface area contributed by atoms with E-state index in [0.29, 0.717) is 11.3 Å². The summed E-state index contributed by atoms with van der Waals surface area (Å²) in [5.74, 6) is 0.779. The summed E-state index contributed by atoms with van der Waals surface area (Å²) < 4.78 is 33.7. The molecule has 3 aromatic carbocycles. The molecule has 6 nitrogen and oxygen atoms in total. The van der Waals surface area contributed by atoms with E-state index in [0.717, 1.165) is 11.1 Å². The fourth-order valence-corrected chi connectivity index (χ4v) is 3.90. The molecular weight excluding hydrogens is 398 g/mol. The lowest BCUT2D eigenvalue weighted by atomic mass is 10.0. The molecule has 1 aromatic heterocycles. The number of nitrogens with zero attached hydrogens (tertiary/aromatic N) is 2. The molecule has 1 heterocycles. The van der Waals surface area contributed by atoms with E-state index in [1.54, 1.807) is 36.5 Å². The van der Waals surface area contributed by atoms with Crippen molar-refractivity contribution < 1.29 is 13.2 Å². The largest absolute Gasteiger partial charge is 0.438 e. The van der Waals surface area contributed by atoms with Crippen molar-refractivity contribution in [2.45, 2.75) is 11.8 Å². The topological polar surface area (TPSA) is 81.2 Å². The molecule has 0 unspecified atom stereocenters. The van der Waals surface area contributed by atoms with Crippen LogP contribution >= 0.6 is 0 Å². The van der Waals surface area contributed by atoms with Crippen LogP contribution in [-0.4, -0.2) is 18.4 Å². The highest BCUT2D eigenvalue weighted by Gasteiger charge is 2.18. The number of hydrogen-bond donors (Lipinski definition) is 1. The van der Waals surface area contributed by atoms with Crippen LogP contribution < -0.4 is 9.46 Å². The van der Waals surface area contributed by atoms with Crippen molar-refractivity contribution in [3.63, 3.8) is 0 Å². The van der Waals surface area contributed by atoms with E-state index in [-0.39, 0.29) is 16.7 Å². The number of hydrogen-bond acceptors (Lipinski definition) is 5. The maximum Gasteiger partial charge on any atom is 0.264 e. The highest BCUT2D eigenvalue weighted by molar-refractivity contribution is 7.92. The molecule has 0 aliphatic rings. The Morgan fingerprint density at radius 3 is 2.13 bits per heavy atom. The quantitative estimate of drug-likeness (QED) is 0.475. The van der Waals surface area contributed by atoms with Gasteiger partial charge in [-0.05, 0) is 42.3 Å². The van der Waals surface area contributed by atoms with Gasteiger partial charge in [-0.2, -0.15) is 4.98 Å². The average molecular weight is 417 g/mol. The normalized spacial score (nSPS) is 11.1. The van der Waals surface area contributed by atoms with Gasteiger partial charge in [0.25, 0.3) is 10.0 Å². The van der Waals surface area contributed by atoms with Crippen molar-refractivity contribution >= 4 is 16.0 Å². The number of nitrogens with one attached hydrogen (secondary N) is 1. The maximum absolute atomic E-state index is 12.6. The Hall–Kier alpha value is -3.71. The number of ether oxygens (including phenoxy) is 1. The molecule has 0 spiro atoms. The first-order valence-corrected chi connectivity index (χ1v) is 10.7. The minimum absolute atomic E-state index is 0.0675. The second kappa shape index (κ2) is 8.34. The van der Waals surface area contributed by atoms with Crippen molar-refractivity contribution in [2.24, 2.45) is 0 Å².